The highest BCUT2D eigenvalue weighted by Crippen LogP contribution is 2.22. The molecule has 1 aromatic heterocycles. The second kappa shape index (κ2) is 6.86. The van der Waals surface area contributed by atoms with Crippen LogP contribution >= 0.6 is 0 Å². The molecule has 1 aromatic carbocycles. The number of benzene rings is 1. The highest BCUT2D eigenvalue weighted by Gasteiger charge is 2.26. The molecule has 0 atom stereocenters. The molecule has 1 fully saturated rings. The standard InChI is InChI=1S/C17H22N4O2S/c1-3-24(22,23)21-10-8-20(9-11-21)17-12-16(18-13-19-17)15-6-4-14(2)5-7-15/h4-7,12-13H,3,8-11H2,1-2H3. The average molecular weight is 346 g/mol. The number of hydrogen-bond acceptors (Lipinski definition) is 5. The van der Waals surface area contributed by atoms with Crippen LogP contribution in [0.25, 0.3) is 11.3 Å². The molecule has 7 heteroatoms. The summed E-state index contributed by atoms with van der Waals surface area (Å²) in [5, 5.41) is 0. The summed E-state index contributed by atoms with van der Waals surface area (Å²) in [6.45, 7) is 6.02. The zero-order valence-electron chi connectivity index (χ0n) is 14.0. The highest BCUT2D eigenvalue weighted by molar-refractivity contribution is 7.89. The van der Waals surface area contributed by atoms with E-state index in [1.165, 1.54) is 5.56 Å². The first kappa shape index (κ1) is 16.9. The maximum Gasteiger partial charge on any atom is 0.213 e. The molecule has 0 saturated carbocycles. The number of aromatic nitrogens is 2. The van der Waals surface area contributed by atoms with Crippen molar-refractivity contribution in [2.24, 2.45) is 0 Å². The number of hydrogen-bond donors (Lipinski definition) is 0. The van der Waals surface area contributed by atoms with Gasteiger partial charge in [0.15, 0.2) is 0 Å². The first-order chi connectivity index (χ1) is 11.5. The van der Waals surface area contributed by atoms with Gasteiger partial charge in [0, 0.05) is 37.8 Å². The van der Waals surface area contributed by atoms with Crippen LogP contribution in [0.3, 0.4) is 0 Å². The Balaban J connectivity index is 1.75. The zero-order chi connectivity index (χ0) is 17.2. The molecule has 0 amide bonds. The van der Waals surface area contributed by atoms with Gasteiger partial charge in [0.2, 0.25) is 10.0 Å². The number of anilines is 1. The van der Waals surface area contributed by atoms with Crippen molar-refractivity contribution in [1.82, 2.24) is 14.3 Å². The molecule has 1 aliphatic rings. The molecule has 0 bridgehead atoms. The Morgan fingerprint density at radius 2 is 1.71 bits per heavy atom. The molecule has 6 nitrogen and oxygen atoms in total. The molecular formula is C17H22N4O2S. The van der Waals surface area contributed by atoms with E-state index in [9.17, 15) is 8.42 Å². The van der Waals surface area contributed by atoms with Crippen LogP contribution in [0.15, 0.2) is 36.7 Å². The van der Waals surface area contributed by atoms with Crippen molar-refractivity contribution in [2.45, 2.75) is 13.8 Å². The van der Waals surface area contributed by atoms with Crippen molar-refractivity contribution in [3.8, 4) is 11.3 Å². The molecule has 0 unspecified atom stereocenters. The number of piperazine rings is 1. The predicted molar refractivity (Wildman–Crippen MR) is 95.5 cm³/mol. The van der Waals surface area contributed by atoms with E-state index in [1.807, 2.05) is 18.2 Å². The summed E-state index contributed by atoms with van der Waals surface area (Å²) in [6, 6.07) is 10.2. The molecule has 0 aliphatic carbocycles. The van der Waals surface area contributed by atoms with Crippen LogP contribution in [0, 0.1) is 6.92 Å². The fourth-order valence-corrected chi connectivity index (χ4v) is 3.86. The summed E-state index contributed by atoms with van der Waals surface area (Å²) in [5.74, 6) is 0.993. The molecule has 0 spiro atoms. The maximum absolute atomic E-state index is 11.9. The van der Waals surface area contributed by atoms with Gasteiger partial charge in [-0.25, -0.2) is 18.4 Å². The summed E-state index contributed by atoms with van der Waals surface area (Å²) in [6.07, 6.45) is 1.57. The third kappa shape index (κ3) is 3.57. The van der Waals surface area contributed by atoms with Crippen LogP contribution in [-0.2, 0) is 10.0 Å². The third-order valence-corrected chi connectivity index (χ3v) is 6.20. The molecule has 0 N–H and O–H groups in total. The number of aryl methyl sites for hydroxylation is 1. The van der Waals surface area contributed by atoms with Gasteiger partial charge < -0.3 is 4.90 Å². The second-order valence-electron chi connectivity index (χ2n) is 5.91. The Labute approximate surface area is 143 Å². The van der Waals surface area contributed by atoms with Crippen molar-refractivity contribution in [1.29, 1.82) is 0 Å². The molecular weight excluding hydrogens is 324 g/mol. The molecule has 128 valence electrons. The lowest BCUT2D eigenvalue weighted by molar-refractivity contribution is 0.384. The first-order valence-electron chi connectivity index (χ1n) is 8.11. The lowest BCUT2D eigenvalue weighted by atomic mass is 10.1. The fourth-order valence-electron chi connectivity index (χ4n) is 2.78. The van der Waals surface area contributed by atoms with Crippen molar-refractivity contribution < 1.29 is 8.42 Å². The van der Waals surface area contributed by atoms with E-state index in [0.717, 1.165) is 17.1 Å². The van der Waals surface area contributed by atoms with E-state index in [1.54, 1.807) is 17.6 Å². The molecule has 1 aliphatic heterocycles. The first-order valence-corrected chi connectivity index (χ1v) is 9.72. The van der Waals surface area contributed by atoms with E-state index >= 15 is 0 Å². The number of nitrogens with zero attached hydrogens (tertiary/aromatic N) is 4. The Bertz CT molecular complexity index is 798. The van der Waals surface area contributed by atoms with Crippen LogP contribution in [0.5, 0.6) is 0 Å². The summed E-state index contributed by atoms with van der Waals surface area (Å²) in [4.78, 5) is 10.8. The zero-order valence-corrected chi connectivity index (χ0v) is 14.8. The Morgan fingerprint density at radius 3 is 2.33 bits per heavy atom. The summed E-state index contributed by atoms with van der Waals surface area (Å²) in [7, 11) is -3.11. The van der Waals surface area contributed by atoms with E-state index in [2.05, 4.69) is 33.9 Å². The van der Waals surface area contributed by atoms with Crippen molar-refractivity contribution >= 4 is 15.8 Å². The van der Waals surface area contributed by atoms with Gasteiger partial charge in [-0.05, 0) is 13.8 Å². The molecule has 1 saturated heterocycles. The van der Waals surface area contributed by atoms with E-state index < -0.39 is 10.0 Å². The average Bonchev–Trinajstić information content (AvgIpc) is 2.62. The van der Waals surface area contributed by atoms with Gasteiger partial charge >= 0.3 is 0 Å². The quantitative estimate of drug-likeness (QED) is 0.846. The van der Waals surface area contributed by atoms with Crippen LogP contribution < -0.4 is 4.90 Å². The normalized spacial score (nSPS) is 16.3. The van der Waals surface area contributed by atoms with Gasteiger partial charge in [0.05, 0.1) is 11.4 Å². The van der Waals surface area contributed by atoms with E-state index in [4.69, 9.17) is 0 Å². The van der Waals surface area contributed by atoms with Crippen LogP contribution in [0.4, 0.5) is 5.82 Å². The molecule has 0 radical (unpaired) electrons. The molecule has 24 heavy (non-hydrogen) atoms. The summed E-state index contributed by atoms with van der Waals surface area (Å²) < 4.78 is 25.5. The van der Waals surface area contributed by atoms with Crippen LogP contribution in [-0.4, -0.2) is 54.6 Å². The van der Waals surface area contributed by atoms with E-state index in [0.29, 0.717) is 26.2 Å². The van der Waals surface area contributed by atoms with Gasteiger partial charge in [-0.2, -0.15) is 4.31 Å². The third-order valence-electron chi connectivity index (χ3n) is 4.32. The predicted octanol–water partition coefficient (Wildman–Crippen LogP) is 1.92. The summed E-state index contributed by atoms with van der Waals surface area (Å²) in [5.41, 5.74) is 3.14. The molecule has 2 heterocycles. The molecule has 2 aromatic rings. The van der Waals surface area contributed by atoms with Gasteiger partial charge in [0.1, 0.15) is 12.1 Å². The lowest BCUT2D eigenvalue weighted by Crippen LogP contribution is -2.49. The summed E-state index contributed by atoms with van der Waals surface area (Å²) >= 11 is 0. The van der Waals surface area contributed by atoms with Gasteiger partial charge in [-0.3, -0.25) is 0 Å². The van der Waals surface area contributed by atoms with Gasteiger partial charge in [-0.15, -0.1) is 0 Å². The largest absolute Gasteiger partial charge is 0.354 e. The monoisotopic (exact) mass is 346 g/mol. The second-order valence-corrected chi connectivity index (χ2v) is 8.17. The minimum Gasteiger partial charge on any atom is -0.354 e. The Morgan fingerprint density at radius 1 is 1.04 bits per heavy atom. The SMILES string of the molecule is CCS(=O)(=O)N1CCN(c2cc(-c3ccc(C)cc3)ncn2)CC1. The highest BCUT2D eigenvalue weighted by atomic mass is 32.2. The number of rotatable bonds is 4. The Hall–Kier alpha value is -1.99. The van der Waals surface area contributed by atoms with Crippen molar-refractivity contribution in [3.05, 3.63) is 42.2 Å². The minimum absolute atomic E-state index is 0.151. The lowest BCUT2D eigenvalue weighted by Gasteiger charge is -2.34. The van der Waals surface area contributed by atoms with Gasteiger partial charge in [-0.1, -0.05) is 29.8 Å². The maximum atomic E-state index is 11.9. The number of sulfonamides is 1. The van der Waals surface area contributed by atoms with Crippen molar-refractivity contribution in [3.63, 3.8) is 0 Å². The van der Waals surface area contributed by atoms with E-state index in [-0.39, 0.29) is 5.75 Å². The Kier molecular flexibility index (Phi) is 4.82. The minimum atomic E-state index is -3.11. The van der Waals surface area contributed by atoms with Gasteiger partial charge in [0.25, 0.3) is 0 Å². The smallest absolute Gasteiger partial charge is 0.213 e. The molecule has 3 rings (SSSR count). The fraction of sp³-hybridized carbons (Fsp3) is 0.412. The van der Waals surface area contributed by atoms with Crippen molar-refractivity contribution in [2.75, 3.05) is 36.8 Å². The van der Waals surface area contributed by atoms with Crippen LogP contribution in [0.2, 0.25) is 0 Å². The topological polar surface area (TPSA) is 66.4 Å². The van der Waals surface area contributed by atoms with Crippen LogP contribution in [0.1, 0.15) is 12.5 Å².